The fourth-order valence-electron chi connectivity index (χ4n) is 5.81. The molecule has 9 heteroatoms. The van der Waals surface area contributed by atoms with Crippen LogP contribution in [0.15, 0.2) is 66.7 Å². The molecule has 1 aromatic heterocycles. The molecule has 2 aromatic carbocycles. The summed E-state index contributed by atoms with van der Waals surface area (Å²) in [6.07, 6.45) is 5.85. The van der Waals surface area contributed by atoms with Crippen LogP contribution in [-0.2, 0) is 11.2 Å². The molecule has 0 saturated carbocycles. The van der Waals surface area contributed by atoms with Gasteiger partial charge in [0.1, 0.15) is 11.5 Å². The van der Waals surface area contributed by atoms with Gasteiger partial charge in [-0.1, -0.05) is 57.0 Å². The average molecular weight is 602 g/mol. The second kappa shape index (κ2) is 15.6. The Kier molecular flexibility index (Phi) is 11.6. The third-order valence-electron chi connectivity index (χ3n) is 8.28. The van der Waals surface area contributed by atoms with Gasteiger partial charge in [0.15, 0.2) is 0 Å². The van der Waals surface area contributed by atoms with Gasteiger partial charge in [-0.3, -0.25) is 14.4 Å². The maximum atomic E-state index is 13.7. The van der Waals surface area contributed by atoms with Gasteiger partial charge in [0.05, 0.1) is 0 Å². The largest absolute Gasteiger partial charge is 0.347 e. The molecule has 44 heavy (non-hydrogen) atoms. The molecule has 1 saturated heterocycles. The van der Waals surface area contributed by atoms with Crippen LogP contribution >= 0.6 is 0 Å². The Balaban J connectivity index is 1.48. The summed E-state index contributed by atoms with van der Waals surface area (Å²) < 4.78 is 13.3. The lowest BCUT2D eigenvalue weighted by molar-refractivity contribution is -0.119. The maximum absolute atomic E-state index is 13.7. The van der Waals surface area contributed by atoms with E-state index in [1.807, 2.05) is 35.2 Å². The van der Waals surface area contributed by atoms with Crippen molar-refractivity contribution in [2.24, 2.45) is 11.7 Å². The van der Waals surface area contributed by atoms with Gasteiger partial charge in [0, 0.05) is 47.5 Å². The highest BCUT2D eigenvalue weighted by molar-refractivity contribution is 5.99. The Labute approximate surface area is 259 Å². The smallest absolute Gasteiger partial charge is 0.272 e. The van der Waals surface area contributed by atoms with Crippen LogP contribution < -0.4 is 16.4 Å². The number of anilines is 1. The summed E-state index contributed by atoms with van der Waals surface area (Å²) in [7, 11) is 0. The number of carbonyl (C=O) groups excluding carboxylic acids is 3. The molecule has 4 atom stereocenters. The lowest BCUT2D eigenvalue weighted by Crippen LogP contribution is -2.50. The minimum absolute atomic E-state index is 0.139. The number of nitrogens with two attached hydrogens (primary N) is 1. The molecule has 4 rings (SSSR count). The van der Waals surface area contributed by atoms with Gasteiger partial charge in [-0.05, 0) is 81.0 Å². The highest BCUT2D eigenvalue weighted by Crippen LogP contribution is 2.24. The van der Waals surface area contributed by atoms with Crippen molar-refractivity contribution in [2.45, 2.75) is 83.8 Å². The minimum Gasteiger partial charge on any atom is -0.347 e. The lowest BCUT2D eigenvalue weighted by atomic mass is 9.92. The first-order valence-corrected chi connectivity index (χ1v) is 15.6. The number of nitrogens with zero attached hydrogens (tertiary/aromatic N) is 2. The van der Waals surface area contributed by atoms with Crippen molar-refractivity contribution < 1.29 is 18.8 Å². The number of pyridine rings is 1. The molecule has 1 fully saturated rings. The van der Waals surface area contributed by atoms with Crippen LogP contribution in [0, 0.1) is 18.7 Å². The predicted octanol–water partition coefficient (Wildman–Crippen LogP) is 5.66. The molecule has 0 spiro atoms. The third kappa shape index (κ3) is 8.95. The Morgan fingerprint density at radius 1 is 1.09 bits per heavy atom. The van der Waals surface area contributed by atoms with Crippen molar-refractivity contribution in [3.63, 3.8) is 0 Å². The van der Waals surface area contributed by atoms with E-state index in [-0.39, 0.29) is 35.3 Å². The van der Waals surface area contributed by atoms with E-state index in [0.717, 1.165) is 37.7 Å². The van der Waals surface area contributed by atoms with E-state index in [2.05, 4.69) is 22.5 Å². The number of aryl methyl sites for hydroxylation is 1. The molecule has 3 amide bonds. The predicted molar refractivity (Wildman–Crippen MR) is 171 cm³/mol. The summed E-state index contributed by atoms with van der Waals surface area (Å²) >= 11 is 0. The van der Waals surface area contributed by atoms with E-state index in [9.17, 15) is 18.8 Å². The Morgan fingerprint density at radius 3 is 2.52 bits per heavy atom. The number of benzene rings is 2. The minimum atomic E-state index is -0.555. The summed E-state index contributed by atoms with van der Waals surface area (Å²) in [4.78, 5) is 46.5. The highest BCUT2D eigenvalue weighted by Gasteiger charge is 2.31. The number of amides is 3. The van der Waals surface area contributed by atoms with Crippen LogP contribution in [0.1, 0.15) is 84.5 Å². The van der Waals surface area contributed by atoms with Crippen LogP contribution in [-0.4, -0.2) is 52.3 Å². The molecule has 1 aliphatic rings. The molecule has 4 N–H and O–H groups in total. The van der Waals surface area contributed by atoms with Crippen LogP contribution in [0.2, 0.25) is 0 Å². The quantitative estimate of drug-likeness (QED) is 0.234. The molecule has 0 radical (unpaired) electrons. The zero-order valence-corrected chi connectivity index (χ0v) is 25.9. The van der Waals surface area contributed by atoms with Crippen molar-refractivity contribution in [3.05, 3.63) is 95.1 Å². The lowest BCUT2D eigenvalue weighted by Gasteiger charge is -2.27. The Bertz CT molecular complexity index is 1420. The standard InChI is InChI=1S/C35H44FN5O3/c1-4-5-12-29-13-9-18-41(29)35(44)32-22-26(20-24(3)38-32)34(43)40-31(21-25-10-7-6-8-11-25)30(37)19-23(2)33(42)39-28-16-14-27(36)15-17-28/h6-8,10-11,14-17,20,22-23,29-31H,4-5,9,12-13,18-19,21,37H2,1-3H3,(H,39,42)(H,40,43)/t23-,29+,30+,31+/m1/s1. The molecule has 0 unspecified atom stereocenters. The molecule has 2 heterocycles. The van der Waals surface area contributed by atoms with Gasteiger partial charge in [0.2, 0.25) is 5.91 Å². The molecule has 1 aliphatic heterocycles. The maximum Gasteiger partial charge on any atom is 0.272 e. The first-order chi connectivity index (χ1) is 21.1. The van der Waals surface area contributed by atoms with E-state index in [1.54, 1.807) is 26.0 Å². The van der Waals surface area contributed by atoms with Gasteiger partial charge in [-0.15, -0.1) is 0 Å². The van der Waals surface area contributed by atoms with Crippen molar-refractivity contribution >= 4 is 23.4 Å². The number of rotatable bonds is 13. The first kappa shape index (κ1) is 32.8. The van der Waals surface area contributed by atoms with E-state index in [1.165, 1.54) is 24.3 Å². The summed E-state index contributed by atoms with van der Waals surface area (Å²) in [5.74, 6) is -1.60. The van der Waals surface area contributed by atoms with E-state index in [4.69, 9.17) is 5.73 Å². The second-order valence-corrected chi connectivity index (χ2v) is 11.9. The van der Waals surface area contributed by atoms with Crippen LogP contribution in [0.4, 0.5) is 10.1 Å². The van der Waals surface area contributed by atoms with Gasteiger partial charge in [-0.25, -0.2) is 9.37 Å². The molecular formula is C35H44FN5O3. The van der Waals surface area contributed by atoms with Gasteiger partial charge in [-0.2, -0.15) is 0 Å². The molecule has 0 bridgehead atoms. The zero-order chi connectivity index (χ0) is 31.6. The van der Waals surface area contributed by atoms with Gasteiger partial charge >= 0.3 is 0 Å². The number of likely N-dealkylation sites (tertiary alicyclic amines) is 1. The van der Waals surface area contributed by atoms with E-state index >= 15 is 0 Å². The number of hydrogen-bond donors (Lipinski definition) is 3. The van der Waals surface area contributed by atoms with Crippen LogP contribution in [0.3, 0.4) is 0 Å². The summed E-state index contributed by atoms with van der Waals surface area (Å²) in [5, 5.41) is 5.89. The van der Waals surface area contributed by atoms with Gasteiger partial charge in [0.25, 0.3) is 11.8 Å². The normalized spacial score (nSPS) is 16.7. The topological polar surface area (TPSA) is 117 Å². The second-order valence-electron chi connectivity index (χ2n) is 11.9. The van der Waals surface area contributed by atoms with Crippen LogP contribution in [0.5, 0.6) is 0 Å². The number of nitrogens with one attached hydrogen (secondary N) is 2. The number of aromatic nitrogens is 1. The van der Waals surface area contributed by atoms with Crippen molar-refractivity contribution in [1.29, 1.82) is 0 Å². The number of halogens is 1. The number of unbranched alkanes of at least 4 members (excludes halogenated alkanes) is 1. The summed E-state index contributed by atoms with van der Waals surface area (Å²) in [6.45, 7) is 6.40. The summed E-state index contributed by atoms with van der Waals surface area (Å²) in [5.41, 5.74) is 9.36. The fraction of sp³-hybridized carbons (Fsp3) is 0.429. The zero-order valence-electron chi connectivity index (χ0n) is 25.9. The highest BCUT2D eigenvalue weighted by atomic mass is 19.1. The van der Waals surface area contributed by atoms with Crippen molar-refractivity contribution in [2.75, 3.05) is 11.9 Å². The Morgan fingerprint density at radius 2 is 1.82 bits per heavy atom. The van der Waals surface area contributed by atoms with Crippen molar-refractivity contribution in [3.8, 4) is 0 Å². The fourth-order valence-corrected chi connectivity index (χ4v) is 5.81. The average Bonchev–Trinajstić information content (AvgIpc) is 3.49. The van der Waals surface area contributed by atoms with Gasteiger partial charge < -0.3 is 21.3 Å². The molecule has 234 valence electrons. The molecule has 0 aliphatic carbocycles. The summed E-state index contributed by atoms with van der Waals surface area (Å²) in [6, 6.07) is 17.7. The van der Waals surface area contributed by atoms with E-state index < -0.39 is 18.0 Å². The first-order valence-electron chi connectivity index (χ1n) is 15.6. The Hall–Kier alpha value is -4.11. The molecule has 3 aromatic rings. The van der Waals surface area contributed by atoms with Crippen molar-refractivity contribution in [1.82, 2.24) is 15.2 Å². The van der Waals surface area contributed by atoms with Crippen LogP contribution in [0.25, 0.3) is 0 Å². The third-order valence-corrected chi connectivity index (χ3v) is 8.28. The SMILES string of the molecule is CCCC[C@H]1CCCN1C(=O)c1cc(C(=O)N[C@@H](Cc2ccccc2)[C@@H](N)C[C@@H](C)C(=O)Nc2ccc(F)cc2)cc(C)n1. The van der Waals surface area contributed by atoms with E-state index in [0.29, 0.717) is 36.3 Å². The monoisotopic (exact) mass is 601 g/mol. The number of carbonyl (C=O) groups is 3. The molecule has 8 nitrogen and oxygen atoms in total. The number of hydrogen-bond acceptors (Lipinski definition) is 5. The molecular weight excluding hydrogens is 557 g/mol.